The Balaban J connectivity index is 1.59. The second-order valence-electron chi connectivity index (χ2n) is 7.87. The average molecular weight is 448 g/mol. The van der Waals surface area contributed by atoms with E-state index in [4.69, 9.17) is 21.4 Å². The van der Waals surface area contributed by atoms with Crippen molar-refractivity contribution in [2.24, 2.45) is 5.92 Å². The van der Waals surface area contributed by atoms with Gasteiger partial charge < -0.3 is 20.3 Å². The van der Waals surface area contributed by atoms with Gasteiger partial charge in [-0.05, 0) is 69.2 Å². The number of benzene rings is 1. The molecule has 3 N–H and O–H groups in total. The molecule has 1 aromatic heterocycles. The Labute approximate surface area is 185 Å². The number of nitrogens with one attached hydrogen (secondary N) is 1. The van der Waals surface area contributed by atoms with Crippen LogP contribution in [0.5, 0.6) is 11.5 Å². The molecule has 0 bridgehead atoms. The summed E-state index contributed by atoms with van der Waals surface area (Å²) in [5.74, 6) is -0.586. The predicted molar refractivity (Wildman–Crippen MR) is 115 cm³/mol. The number of aryl methyl sites for hydroxylation is 2. The Kier molecular flexibility index (Phi) is 7.33. The lowest BCUT2D eigenvalue weighted by Crippen LogP contribution is -2.30. The van der Waals surface area contributed by atoms with Crippen molar-refractivity contribution in [3.8, 4) is 11.5 Å². The normalized spacial score (nSPS) is 18.4. The number of hydrogen-bond acceptors (Lipinski definition) is 6. The van der Waals surface area contributed by atoms with E-state index in [0.717, 1.165) is 37.0 Å². The second-order valence-corrected chi connectivity index (χ2v) is 8.31. The number of aromatic nitrogens is 2. The van der Waals surface area contributed by atoms with Crippen molar-refractivity contribution < 1.29 is 24.5 Å². The molecule has 8 nitrogen and oxygen atoms in total. The summed E-state index contributed by atoms with van der Waals surface area (Å²) in [6.45, 7) is 3.02. The Hall–Kier alpha value is -2.87. The smallest absolute Gasteiger partial charge is 0.322 e. The van der Waals surface area contributed by atoms with E-state index >= 15 is 0 Å². The number of ether oxygens (including phenoxy) is 1. The SMILES string of the molecule is Cc1cc(Cl)ccc1OC1CCC(Cc2nc(C)c(O)c(C(=O)NCC(=O)O)n2)CC1. The van der Waals surface area contributed by atoms with E-state index < -0.39 is 18.4 Å². The summed E-state index contributed by atoms with van der Waals surface area (Å²) >= 11 is 6.00. The maximum absolute atomic E-state index is 12.2. The molecule has 3 rings (SSSR count). The van der Waals surface area contributed by atoms with Gasteiger partial charge in [-0.1, -0.05) is 11.6 Å². The Bertz CT molecular complexity index is 974. The molecule has 0 atom stereocenters. The molecule has 0 radical (unpaired) electrons. The predicted octanol–water partition coefficient (Wildman–Crippen LogP) is 3.45. The van der Waals surface area contributed by atoms with Gasteiger partial charge >= 0.3 is 5.97 Å². The Morgan fingerprint density at radius 2 is 1.90 bits per heavy atom. The number of nitrogens with zero attached hydrogens (tertiary/aromatic N) is 2. The first-order valence-electron chi connectivity index (χ1n) is 10.2. The van der Waals surface area contributed by atoms with Crippen molar-refractivity contribution in [1.29, 1.82) is 0 Å². The number of carbonyl (C=O) groups excluding carboxylic acids is 1. The third kappa shape index (κ3) is 6.07. The highest BCUT2D eigenvalue weighted by atomic mass is 35.5. The monoisotopic (exact) mass is 447 g/mol. The van der Waals surface area contributed by atoms with E-state index in [-0.39, 0.29) is 17.5 Å². The second kappa shape index (κ2) is 9.96. The van der Waals surface area contributed by atoms with Crippen molar-refractivity contribution in [1.82, 2.24) is 15.3 Å². The zero-order chi connectivity index (χ0) is 22.5. The zero-order valence-electron chi connectivity index (χ0n) is 17.5. The Morgan fingerprint density at radius 3 is 2.55 bits per heavy atom. The van der Waals surface area contributed by atoms with Gasteiger partial charge in [-0.3, -0.25) is 9.59 Å². The highest BCUT2D eigenvalue weighted by molar-refractivity contribution is 6.30. The molecule has 0 saturated heterocycles. The molecule has 9 heteroatoms. The Morgan fingerprint density at radius 1 is 1.19 bits per heavy atom. The molecule has 31 heavy (non-hydrogen) atoms. The number of hydrogen-bond donors (Lipinski definition) is 3. The largest absolute Gasteiger partial charge is 0.504 e. The average Bonchev–Trinajstić information content (AvgIpc) is 2.72. The number of carboxylic acid groups (broad SMARTS) is 1. The van der Waals surface area contributed by atoms with Crippen molar-refractivity contribution in [2.45, 2.75) is 52.1 Å². The van der Waals surface area contributed by atoms with Gasteiger partial charge in [0.2, 0.25) is 0 Å². The zero-order valence-corrected chi connectivity index (χ0v) is 18.3. The number of halogens is 1. The van der Waals surface area contributed by atoms with Crippen molar-refractivity contribution in [3.05, 3.63) is 46.0 Å². The van der Waals surface area contributed by atoms with Crippen LogP contribution >= 0.6 is 11.6 Å². The molecule has 1 aliphatic carbocycles. The van der Waals surface area contributed by atoms with Crippen LogP contribution in [0, 0.1) is 19.8 Å². The van der Waals surface area contributed by atoms with Crippen molar-refractivity contribution >= 4 is 23.5 Å². The minimum atomic E-state index is -1.17. The molecule has 1 aromatic carbocycles. The van der Waals surface area contributed by atoms with Gasteiger partial charge in [-0.15, -0.1) is 0 Å². The molecule has 2 aromatic rings. The van der Waals surface area contributed by atoms with E-state index in [2.05, 4.69) is 15.3 Å². The fraction of sp³-hybridized carbons (Fsp3) is 0.455. The summed E-state index contributed by atoms with van der Waals surface area (Å²) in [4.78, 5) is 31.4. The van der Waals surface area contributed by atoms with Gasteiger partial charge in [0.05, 0.1) is 11.8 Å². The van der Waals surface area contributed by atoms with E-state index in [1.54, 1.807) is 6.92 Å². The molecular weight excluding hydrogens is 422 g/mol. The number of amides is 1. The standard InChI is InChI=1S/C22H26ClN3O5/c1-12-9-15(23)5-8-17(12)31-16-6-3-14(4-7-16)10-18-25-13(2)21(29)20(26-18)22(30)24-11-19(27)28/h5,8-9,14,16,29H,3-4,6-7,10-11H2,1-2H3,(H,24,30)(H,27,28). The lowest BCUT2D eigenvalue weighted by molar-refractivity contribution is -0.135. The first kappa shape index (κ1) is 22.8. The molecule has 1 heterocycles. The molecule has 1 amide bonds. The van der Waals surface area contributed by atoms with Crippen LogP contribution in [0.25, 0.3) is 0 Å². The van der Waals surface area contributed by atoms with E-state index in [0.29, 0.717) is 28.9 Å². The number of rotatable bonds is 7. The lowest BCUT2D eigenvalue weighted by Gasteiger charge is -2.29. The van der Waals surface area contributed by atoms with Crippen LogP contribution in [0.15, 0.2) is 18.2 Å². The first-order chi connectivity index (χ1) is 14.7. The van der Waals surface area contributed by atoms with Gasteiger partial charge in [-0.2, -0.15) is 0 Å². The number of aromatic hydroxyl groups is 1. The summed E-state index contributed by atoms with van der Waals surface area (Å²) in [7, 11) is 0. The molecular formula is C22H26ClN3O5. The topological polar surface area (TPSA) is 122 Å². The van der Waals surface area contributed by atoms with Gasteiger partial charge in [-0.25, -0.2) is 9.97 Å². The van der Waals surface area contributed by atoms with Crippen molar-refractivity contribution in [3.63, 3.8) is 0 Å². The maximum Gasteiger partial charge on any atom is 0.322 e. The lowest BCUT2D eigenvalue weighted by atomic mass is 9.85. The molecule has 0 unspecified atom stereocenters. The van der Waals surface area contributed by atoms with Crippen LogP contribution in [0.2, 0.25) is 5.02 Å². The van der Waals surface area contributed by atoms with Gasteiger partial charge in [0.25, 0.3) is 5.91 Å². The summed E-state index contributed by atoms with van der Waals surface area (Å²) in [6, 6.07) is 5.61. The maximum atomic E-state index is 12.2. The summed E-state index contributed by atoms with van der Waals surface area (Å²) < 4.78 is 6.15. The molecule has 0 spiro atoms. The van der Waals surface area contributed by atoms with Crippen LogP contribution in [0.1, 0.15) is 53.3 Å². The molecule has 166 valence electrons. The van der Waals surface area contributed by atoms with Crippen LogP contribution in [0.4, 0.5) is 0 Å². The van der Waals surface area contributed by atoms with Gasteiger partial charge in [0.15, 0.2) is 11.4 Å². The highest BCUT2D eigenvalue weighted by Gasteiger charge is 2.25. The highest BCUT2D eigenvalue weighted by Crippen LogP contribution is 2.31. The molecule has 0 aliphatic heterocycles. The minimum Gasteiger partial charge on any atom is -0.504 e. The van der Waals surface area contributed by atoms with Crippen LogP contribution < -0.4 is 10.1 Å². The summed E-state index contributed by atoms with van der Waals surface area (Å²) in [5, 5.41) is 21.7. The first-order valence-corrected chi connectivity index (χ1v) is 10.6. The number of carboxylic acids is 1. The third-order valence-corrected chi connectivity index (χ3v) is 5.65. The molecule has 1 saturated carbocycles. The van der Waals surface area contributed by atoms with Crippen LogP contribution in [-0.4, -0.2) is 44.7 Å². The van der Waals surface area contributed by atoms with Crippen molar-refractivity contribution in [2.75, 3.05) is 6.54 Å². The number of aliphatic carboxylic acids is 1. The van der Waals surface area contributed by atoms with Crippen LogP contribution in [-0.2, 0) is 11.2 Å². The quantitative estimate of drug-likeness (QED) is 0.594. The molecule has 1 aliphatic rings. The number of carbonyl (C=O) groups is 2. The fourth-order valence-electron chi connectivity index (χ4n) is 3.75. The van der Waals surface area contributed by atoms with Crippen LogP contribution in [0.3, 0.4) is 0 Å². The van der Waals surface area contributed by atoms with Gasteiger partial charge in [0.1, 0.15) is 18.1 Å². The third-order valence-electron chi connectivity index (χ3n) is 5.42. The molecule has 1 fully saturated rings. The summed E-state index contributed by atoms with van der Waals surface area (Å²) in [5.41, 5.74) is 1.11. The van der Waals surface area contributed by atoms with E-state index in [9.17, 15) is 14.7 Å². The van der Waals surface area contributed by atoms with E-state index in [1.165, 1.54) is 0 Å². The minimum absolute atomic E-state index is 0.135. The van der Waals surface area contributed by atoms with Gasteiger partial charge in [0, 0.05) is 11.4 Å². The van der Waals surface area contributed by atoms with E-state index in [1.807, 2.05) is 25.1 Å². The fourth-order valence-corrected chi connectivity index (χ4v) is 3.98. The summed E-state index contributed by atoms with van der Waals surface area (Å²) in [6.07, 6.45) is 4.37.